The van der Waals surface area contributed by atoms with Crippen LogP contribution in [0.15, 0.2) is 16.8 Å². The summed E-state index contributed by atoms with van der Waals surface area (Å²) in [5, 5.41) is 6.13. The van der Waals surface area contributed by atoms with Crippen LogP contribution in [0.25, 0.3) is 0 Å². The van der Waals surface area contributed by atoms with E-state index in [2.05, 4.69) is 10.5 Å². The Balaban J connectivity index is 2.40. The molecule has 5 heteroatoms. The average Bonchev–Trinajstić information content (AvgIpc) is 2.50. The Labute approximate surface area is 76.3 Å². The third kappa shape index (κ3) is 2.87. The van der Waals surface area contributed by atoms with Gasteiger partial charge in [0, 0.05) is 6.07 Å². The summed E-state index contributed by atoms with van der Waals surface area (Å²) in [6.07, 6.45) is 1.52. The van der Waals surface area contributed by atoms with Gasteiger partial charge in [-0.2, -0.15) is 0 Å². The highest BCUT2D eigenvalue weighted by atomic mass is 16.5. The number of carbonyl (C=O) groups is 1. The summed E-state index contributed by atoms with van der Waals surface area (Å²) >= 11 is 0. The Morgan fingerprint density at radius 3 is 2.92 bits per heavy atom. The first kappa shape index (κ1) is 9.73. The molecular formula is C8H13N3O2. The van der Waals surface area contributed by atoms with Crippen molar-refractivity contribution in [3.05, 3.63) is 18.0 Å². The number of hydrogen-bond donors (Lipinski definition) is 2. The molecule has 1 heterocycles. The van der Waals surface area contributed by atoms with E-state index in [4.69, 9.17) is 10.3 Å². The maximum absolute atomic E-state index is 11.3. The Morgan fingerprint density at radius 1 is 1.77 bits per heavy atom. The van der Waals surface area contributed by atoms with Crippen molar-refractivity contribution in [2.75, 3.05) is 0 Å². The molecule has 1 rings (SSSR count). The number of rotatable bonds is 3. The Bertz CT molecular complexity index is 274. The minimum absolute atomic E-state index is 0.219. The van der Waals surface area contributed by atoms with Crippen molar-refractivity contribution in [1.29, 1.82) is 0 Å². The summed E-state index contributed by atoms with van der Waals surface area (Å²) in [7, 11) is 0. The zero-order valence-electron chi connectivity index (χ0n) is 7.70. The third-order valence-electron chi connectivity index (χ3n) is 1.50. The van der Waals surface area contributed by atoms with Crippen molar-refractivity contribution in [1.82, 2.24) is 10.5 Å². The van der Waals surface area contributed by atoms with Crippen LogP contribution in [0.3, 0.4) is 0 Å². The van der Waals surface area contributed by atoms with Crippen LogP contribution >= 0.6 is 0 Å². The monoisotopic (exact) mass is 183 g/mol. The van der Waals surface area contributed by atoms with E-state index in [0.717, 1.165) is 0 Å². The average molecular weight is 183 g/mol. The van der Waals surface area contributed by atoms with Crippen LogP contribution in [0.5, 0.6) is 0 Å². The number of carbonyl (C=O) groups excluding carboxylic acids is 1. The van der Waals surface area contributed by atoms with Gasteiger partial charge in [0.15, 0.2) is 5.76 Å². The van der Waals surface area contributed by atoms with Gasteiger partial charge in [0.1, 0.15) is 0 Å². The lowest BCUT2D eigenvalue weighted by Gasteiger charge is -2.16. The van der Waals surface area contributed by atoms with E-state index in [9.17, 15) is 4.79 Å². The van der Waals surface area contributed by atoms with Crippen LogP contribution in [0.4, 0.5) is 0 Å². The van der Waals surface area contributed by atoms with Crippen molar-refractivity contribution in [2.24, 2.45) is 5.73 Å². The summed E-state index contributed by atoms with van der Waals surface area (Å²) < 4.78 is 4.79. The maximum Gasteiger partial charge on any atom is 0.239 e. The fourth-order valence-electron chi connectivity index (χ4n) is 0.729. The maximum atomic E-state index is 11.3. The van der Waals surface area contributed by atoms with E-state index >= 15 is 0 Å². The minimum Gasteiger partial charge on any atom is -0.360 e. The molecule has 0 aliphatic carbocycles. The van der Waals surface area contributed by atoms with Crippen LogP contribution in [0, 0.1) is 0 Å². The van der Waals surface area contributed by atoms with Gasteiger partial charge in [-0.1, -0.05) is 5.16 Å². The van der Waals surface area contributed by atoms with Crippen molar-refractivity contribution < 1.29 is 9.32 Å². The molecule has 0 aliphatic rings. The molecule has 0 aromatic carbocycles. The van der Waals surface area contributed by atoms with E-state index in [-0.39, 0.29) is 5.91 Å². The number of hydrogen-bond acceptors (Lipinski definition) is 4. The summed E-state index contributed by atoms with van der Waals surface area (Å²) in [5.74, 6) is 0.390. The van der Waals surface area contributed by atoms with Crippen LogP contribution in [-0.2, 0) is 11.3 Å². The van der Waals surface area contributed by atoms with Gasteiger partial charge < -0.3 is 15.6 Å². The summed E-state index contributed by atoms with van der Waals surface area (Å²) in [5.41, 5.74) is 4.70. The molecule has 1 amide bonds. The molecule has 1 aromatic rings. The number of nitrogens with one attached hydrogen (secondary N) is 1. The van der Waals surface area contributed by atoms with E-state index < -0.39 is 5.54 Å². The van der Waals surface area contributed by atoms with Gasteiger partial charge in [-0.3, -0.25) is 4.79 Å². The number of aromatic nitrogens is 1. The smallest absolute Gasteiger partial charge is 0.239 e. The van der Waals surface area contributed by atoms with E-state index in [1.54, 1.807) is 19.9 Å². The lowest BCUT2D eigenvalue weighted by molar-refractivity contribution is -0.125. The van der Waals surface area contributed by atoms with Crippen LogP contribution in [0.1, 0.15) is 19.6 Å². The molecular weight excluding hydrogens is 170 g/mol. The van der Waals surface area contributed by atoms with E-state index in [1.807, 2.05) is 0 Å². The first-order valence-electron chi connectivity index (χ1n) is 3.97. The quantitative estimate of drug-likeness (QED) is 0.692. The largest absolute Gasteiger partial charge is 0.360 e. The zero-order valence-corrected chi connectivity index (χ0v) is 7.70. The molecule has 1 aromatic heterocycles. The summed E-state index contributed by atoms with van der Waals surface area (Å²) in [6, 6.07) is 1.68. The predicted molar refractivity (Wildman–Crippen MR) is 46.6 cm³/mol. The Hall–Kier alpha value is -1.36. The van der Waals surface area contributed by atoms with Gasteiger partial charge in [0.25, 0.3) is 0 Å². The molecule has 0 unspecified atom stereocenters. The molecule has 5 nitrogen and oxygen atoms in total. The molecule has 0 saturated carbocycles. The molecule has 0 spiro atoms. The third-order valence-corrected chi connectivity index (χ3v) is 1.50. The second-order valence-electron chi connectivity index (χ2n) is 3.38. The number of amides is 1. The van der Waals surface area contributed by atoms with E-state index in [0.29, 0.717) is 12.3 Å². The number of nitrogens with zero attached hydrogens (tertiary/aromatic N) is 1. The second kappa shape index (κ2) is 3.57. The molecule has 0 atom stereocenters. The molecule has 0 saturated heterocycles. The lowest BCUT2D eigenvalue weighted by Crippen LogP contribution is -2.48. The van der Waals surface area contributed by atoms with E-state index in [1.165, 1.54) is 6.20 Å². The van der Waals surface area contributed by atoms with Crippen molar-refractivity contribution in [3.8, 4) is 0 Å². The van der Waals surface area contributed by atoms with Gasteiger partial charge in [-0.15, -0.1) is 0 Å². The van der Waals surface area contributed by atoms with Crippen molar-refractivity contribution in [2.45, 2.75) is 25.9 Å². The zero-order chi connectivity index (χ0) is 9.90. The normalized spacial score (nSPS) is 11.3. The molecule has 0 fully saturated rings. The molecule has 0 radical (unpaired) electrons. The molecule has 72 valence electrons. The Morgan fingerprint density at radius 2 is 2.46 bits per heavy atom. The SMILES string of the molecule is CC(C)(N)C(=O)NCc1ccno1. The van der Waals surface area contributed by atoms with Crippen LogP contribution < -0.4 is 11.1 Å². The summed E-state index contributed by atoms with van der Waals surface area (Å²) in [4.78, 5) is 11.3. The lowest BCUT2D eigenvalue weighted by atomic mass is 10.1. The molecule has 0 aliphatic heterocycles. The minimum atomic E-state index is -0.861. The highest BCUT2D eigenvalue weighted by Crippen LogP contribution is 1.99. The number of nitrogens with two attached hydrogens (primary N) is 1. The van der Waals surface area contributed by atoms with Crippen LogP contribution in [-0.4, -0.2) is 16.6 Å². The molecule has 0 bridgehead atoms. The Kier molecular flexibility index (Phi) is 2.67. The summed E-state index contributed by atoms with van der Waals surface area (Å²) in [6.45, 7) is 3.60. The fourth-order valence-corrected chi connectivity index (χ4v) is 0.729. The predicted octanol–water partition coefficient (Wildman–Crippen LogP) is 0.0281. The van der Waals surface area contributed by atoms with Crippen molar-refractivity contribution in [3.63, 3.8) is 0 Å². The van der Waals surface area contributed by atoms with Gasteiger partial charge in [-0.05, 0) is 13.8 Å². The van der Waals surface area contributed by atoms with Crippen molar-refractivity contribution >= 4 is 5.91 Å². The standard InChI is InChI=1S/C8H13N3O2/c1-8(2,9)7(12)10-5-6-3-4-11-13-6/h3-4H,5,9H2,1-2H3,(H,10,12). The highest BCUT2D eigenvalue weighted by molar-refractivity contribution is 5.84. The first-order chi connectivity index (χ1) is 6.00. The fraction of sp³-hybridized carbons (Fsp3) is 0.500. The topological polar surface area (TPSA) is 81.2 Å². The first-order valence-corrected chi connectivity index (χ1v) is 3.97. The van der Waals surface area contributed by atoms with Gasteiger partial charge >= 0.3 is 0 Å². The molecule has 13 heavy (non-hydrogen) atoms. The van der Waals surface area contributed by atoms with Gasteiger partial charge in [0.05, 0.1) is 18.3 Å². The van der Waals surface area contributed by atoms with Gasteiger partial charge in [-0.25, -0.2) is 0 Å². The van der Waals surface area contributed by atoms with Crippen LogP contribution in [0.2, 0.25) is 0 Å². The second-order valence-corrected chi connectivity index (χ2v) is 3.38. The van der Waals surface area contributed by atoms with Gasteiger partial charge in [0.2, 0.25) is 5.91 Å². The molecule has 3 N–H and O–H groups in total. The highest BCUT2D eigenvalue weighted by Gasteiger charge is 2.21.